The molecule has 0 amide bonds. The first kappa shape index (κ1) is 15.7. The van der Waals surface area contributed by atoms with E-state index in [1.54, 1.807) is 0 Å². The first-order valence-electron chi connectivity index (χ1n) is 9.87. The van der Waals surface area contributed by atoms with E-state index in [1.807, 2.05) is 0 Å². The fourth-order valence-corrected chi connectivity index (χ4v) is 4.86. The summed E-state index contributed by atoms with van der Waals surface area (Å²) < 4.78 is 0. The Morgan fingerprint density at radius 3 is 1.93 bits per heavy atom. The molecule has 0 radical (unpaired) electrons. The normalized spacial score (nSPS) is 11.9. The van der Waals surface area contributed by atoms with Crippen LogP contribution in [0.25, 0.3) is 53.9 Å². The van der Waals surface area contributed by atoms with Crippen molar-refractivity contribution in [3.05, 3.63) is 96.1 Å². The largest absolute Gasteiger partial charge is 0.0616 e. The Labute approximate surface area is 164 Å². The summed E-state index contributed by atoms with van der Waals surface area (Å²) in [6.07, 6.45) is 0. The van der Waals surface area contributed by atoms with Crippen LogP contribution in [0, 0.1) is 13.8 Å². The Hall–Kier alpha value is -3.38. The Balaban J connectivity index is 2.02. The molecule has 0 unspecified atom stereocenters. The van der Waals surface area contributed by atoms with Gasteiger partial charge in [-0.05, 0) is 73.3 Å². The van der Waals surface area contributed by atoms with Gasteiger partial charge in [0.25, 0.3) is 0 Å². The van der Waals surface area contributed by atoms with Crippen molar-refractivity contribution in [1.82, 2.24) is 0 Å². The highest BCUT2D eigenvalue weighted by Gasteiger charge is 2.12. The van der Waals surface area contributed by atoms with E-state index in [2.05, 4.69) is 98.8 Å². The van der Waals surface area contributed by atoms with Crippen LogP contribution < -0.4 is 0 Å². The molecule has 0 atom stereocenters. The van der Waals surface area contributed by atoms with E-state index in [-0.39, 0.29) is 0 Å². The van der Waals surface area contributed by atoms with Gasteiger partial charge in [0.15, 0.2) is 0 Å². The summed E-state index contributed by atoms with van der Waals surface area (Å²) in [4.78, 5) is 0. The minimum Gasteiger partial charge on any atom is -0.0616 e. The predicted molar refractivity (Wildman–Crippen MR) is 123 cm³/mol. The van der Waals surface area contributed by atoms with Crippen LogP contribution in [0.2, 0.25) is 0 Å². The van der Waals surface area contributed by atoms with E-state index in [9.17, 15) is 0 Å². The van der Waals surface area contributed by atoms with E-state index in [0.717, 1.165) is 0 Å². The Kier molecular flexibility index (Phi) is 3.11. The minimum atomic E-state index is 1.30. The average molecular weight is 356 g/mol. The molecule has 6 rings (SSSR count). The molecule has 0 N–H and O–H groups in total. The molecule has 0 aliphatic rings. The lowest BCUT2D eigenvalue weighted by Gasteiger charge is -2.15. The third kappa shape index (κ3) is 2.06. The van der Waals surface area contributed by atoms with Crippen LogP contribution in [0.1, 0.15) is 11.1 Å². The molecule has 0 nitrogen and oxygen atoms in total. The van der Waals surface area contributed by atoms with E-state index in [4.69, 9.17) is 0 Å². The Bertz CT molecular complexity index is 1560. The first-order valence-corrected chi connectivity index (χ1v) is 9.87. The lowest BCUT2D eigenvalue weighted by atomic mass is 9.89. The third-order valence-electron chi connectivity index (χ3n) is 6.16. The molecule has 6 aromatic carbocycles. The second-order valence-electron chi connectivity index (χ2n) is 7.95. The molecule has 0 heteroatoms. The zero-order valence-corrected chi connectivity index (χ0v) is 16.1. The molecule has 0 saturated heterocycles. The van der Waals surface area contributed by atoms with Crippen LogP contribution in [-0.4, -0.2) is 0 Å². The van der Waals surface area contributed by atoms with Crippen molar-refractivity contribution in [3.8, 4) is 0 Å². The minimum absolute atomic E-state index is 1.30. The van der Waals surface area contributed by atoms with Gasteiger partial charge in [-0.2, -0.15) is 0 Å². The number of benzene rings is 6. The Morgan fingerprint density at radius 1 is 0.429 bits per heavy atom. The zero-order chi connectivity index (χ0) is 18.8. The number of aryl methyl sites for hydroxylation is 2. The molecule has 0 bridgehead atoms. The topological polar surface area (TPSA) is 0 Å². The van der Waals surface area contributed by atoms with Crippen molar-refractivity contribution in [2.45, 2.75) is 13.8 Å². The molecule has 0 aliphatic heterocycles. The van der Waals surface area contributed by atoms with Crippen molar-refractivity contribution in [1.29, 1.82) is 0 Å². The quantitative estimate of drug-likeness (QED) is 0.241. The Morgan fingerprint density at radius 2 is 1.07 bits per heavy atom. The van der Waals surface area contributed by atoms with Gasteiger partial charge in [-0.15, -0.1) is 0 Å². The third-order valence-corrected chi connectivity index (χ3v) is 6.16. The van der Waals surface area contributed by atoms with Crippen LogP contribution in [0.15, 0.2) is 84.9 Å². The second-order valence-corrected chi connectivity index (χ2v) is 7.95. The molecule has 0 heterocycles. The summed E-state index contributed by atoms with van der Waals surface area (Å²) >= 11 is 0. The van der Waals surface area contributed by atoms with Gasteiger partial charge in [0.2, 0.25) is 0 Å². The zero-order valence-electron chi connectivity index (χ0n) is 16.1. The van der Waals surface area contributed by atoms with E-state index < -0.39 is 0 Å². The van der Waals surface area contributed by atoms with Crippen molar-refractivity contribution < 1.29 is 0 Å². The molecule has 6 aromatic rings. The van der Waals surface area contributed by atoms with Gasteiger partial charge in [0, 0.05) is 0 Å². The maximum atomic E-state index is 2.33. The van der Waals surface area contributed by atoms with Crippen molar-refractivity contribution in [3.63, 3.8) is 0 Å². The second kappa shape index (κ2) is 5.56. The smallest absolute Gasteiger partial charge is 0.00142 e. The summed E-state index contributed by atoms with van der Waals surface area (Å²) in [5.74, 6) is 0. The van der Waals surface area contributed by atoms with Crippen molar-refractivity contribution >= 4 is 53.9 Å². The van der Waals surface area contributed by atoms with E-state index in [1.165, 1.54) is 65.0 Å². The number of rotatable bonds is 0. The molecule has 0 saturated carbocycles. The van der Waals surface area contributed by atoms with Gasteiger partial charge in [-0.25, -0.2) is 0 Å². The summed E-state index contributed by atoms with van der Waals surface area (Å²) in [6.45, 7) is 4.41. The summed E-state index contributed by atoms with van der Waals surface area (Å²) in [7, 11) is 0. The van der Waals surface area contributed by atoms with Crippen molar-refractivity contribution in [2.75, 3.05) is 0 Å². The fraction of sp³-hybridized carbons (Fsp3) is 0.0714. The SMILES string of the molecule is Cc1ccc2c(c1)cc(C)c1ccc3ccc4ccc5ccccc5c4c3c12. The van der Waals surface area contributed by atoms with Gasteiger partial charge in [0.1, 0.15) is 0 Å². The average Bonchev–Trinajstić information content (AvgIpc) is 2.72. The lowest BCUT2D eigenvalue weighted by Crippen LogP contribution is -1.88. The molecular weight excluding hydrogens is 336 g/mol. The molecular formula is C28H20. The van der Waals surface area contributed by atoms with Gasteiger partial charge < -0.3 is 0 Å². The molecule has 132 valence electrons. The van der Waals surface area contributed by atoms with Gasteiger partial charge in [0.05, 0.1) is 0 Å². The fourth-order valence-electron chi connectivity index (χ4n) is 4.86. The van der Waals surface area contributed by atoms with Crippen LogP contribution in [0.3, 0.4) is 0 Å². The molecule has 0 aromatic heterocycles. The molecule has 0 fully saturated rings. The molecule has 28 heavy (non-hydrogen) atoms. The molecule has 0 aliphatic carbocycles. The number of hydrogen-bond donors (Lipinski definition) is 0. The van der Waals surface area contributed by atoms with Crippen LogP contribution in [-0.2, 0) is 0 Å². The monoisotopic (exact) mass is 356 g/mol. The highest BCUT2D eigenvalue weighted by Crippen LogP contribution is 2.40. The van der Waals surface area contributed by atoms with Gasteiger partial charge in [-0.3, -0.25) is 0 Å². The predicted octanol–water partition coefficient (Wildman–Crippen LogP) is 8.07. The standard InChI is InChI=1S/C28H20/c1-17-7-13-25-22(15-17)16-18(2)23-14-12-21-11-10-20-9-8-19-5-3-4-6-24(19)26(20)27(21)28(23)25/h3-16H,1-2H3. The first-order chi connectivity index (χ1) is 13.7. The van der Waals surface area contributed by atoms with Gasteiger partial charge in [-0.1, -0.05) is 90.5 Å². The summed E-state index contributed by atoms with van der Waals surface area (Å²) in [5, 5.41) is 13.4. The van der Waals surface area contributed by atoms with E-state index >= 15 is 0 Å². The van der Waals surface area contributed by atoms with Gasteiger partial charge >= 0.3 is 0 Å². The summed E-state index contributed by atoms with van der Waals surface area (Å²) in [5.41, 5.74) is 2.65. The molecule has 0 spiro atoms. The van der Waals surface area contributed by atoms with E-state index in [0.29, 0.717) is 0 Å². The van der Waals surface area contributed by atoms with Crippen LogP contribution in [0.4, 0.5) is 0 Å². The maximum absolute atomic E-state index is 2.33. The highest BCUT2D eigenvalue weighted by atomic mass is 14.2. The van der Waals surface area contributed by atoms with Crippen molar-refractivity contribution in [2.24, 2.45) is 0 Å². The lowest BCUT2D eigenvalue weighted by molar-refractivity contribution is 1.50. The van der Waals surface area contributed by atoms with Crippen LogP contribution in [0.5, 0.6) is 0 Å². The number of fused-ring (bicyclic) bond motifs is 9. The number of hydrogen-bond acceptors (Lipinski definition) is 0. The van der Waals surface area contributed by atoms with Crippen LogP contribution >= 0.6 is 0 Å². The summed E-state index contributed by atoms with van der Waals surface area (Å²) in [6, 6.07) is 31.5. The maximum Gasteiger partial charge on any atom is -0.00142 e. The highest BCUT2D eigenvalue weighted by molar-refractivity contribution is 6.32.